The predicted molar refractivity (Wildman–Crippen MR) is 79.5 cm³/mol. The molecule has 1 aromatic rings. The van der Waals surface area contributed by atoms with Gasteiger partial charge in [0.15, 0.2) is 0 Å². The lowest BCUT2D eigenvalue weighted by atomic mass is 9.94. The lowest BCUT2D eigenvalue weighted by Gasteiger charge is -2.34. The van der Waals surface area contributed by atoms with Gasteiger partial charge in [-0.05, 0) is 31.5 Å². The second kappa shape index (κ2) is 6.31. The van der Waals surface area contributed by atoms with Crippen LogP contribution >= 0.6 is 0 Å². The number of benzene rings is 1. The maximum atomic E-state index is 12.2. The van der Waals surface area contributed by atoms with Crippen molar-refractivity contribution in [2.45, 2.75) is 19.9 Å². The van der Waals surface area contributed by atoms with Gasteiger partial charge in [-0.2, -0.15) is 5.26 Å². The Balaban J connectivity index is 2.57. The van der Waals surface area contributed by atoms with Crippen LogP contribution in [-0.4, -0.2) is 30.6 Å². The fourth-order valence-corrected chi connectivity index (χ4v) is 2.57. The van der Waals surface area contributed by atoms with E-state index < -0.39 is 12.0 Å². The number of nitrogens with one attached hydrogen (secondary N) is 1. The van der Waals surface area contributed by atoms with E-state index in [0.29, 0.717) is 28.9 Å². The number of allylic oxidation sites excluding steroid dienone is 1. The third-order valence-electron chi connectivity index (χ3n) is 3.67. The Morgan fingerprint density at radius 3 is 2.82 bits per heavy atom. The van der Waals surface area contributed by atoms with Crippen molar-refractivity contribution in [1.82, 2.24) is 10.2 Å². The first-order chi connectivity index (χ1) is 10.5. The van der Waals surface area contributed by atoms with Gasteiger partial charge in [-0.25, -0.2) is 9.59 Å². The molecule has 1 heterocycles. The van der Waals surface area contributed by atoms with Crippen LogP contribution in [0.3, 0.4) is 0 Å². The topological polar surface area (TPSA) is 82.4 Å². The number of nitriles is 1. The van der Waals surface area contributed by atoms with Crippen LogP contribution in [0.1, 0.15) is 31.0 Å². The summed E-state index contributed by atoms with van der Waals surface area (Å²) in [5, 5.41) is 11.8. The Morgan fingerprint density at radius 1 is 1.50 bits per heavy atom. The molecule has 114 valence electrons. The first-order valence-electron chi connectivity index (χ1n) is 6.90. The molecule has 1 aliphatic rings. The molecule has 2 rings (SSSR count). The molecule has 0 fully saturated rings. The van der Waals surface area contributed by atoms with E-state index in [4.69, 9.17) is 10.00 Å². The van der Waals surface area contributed by atoms with Crippen molar-refractivity contribution in [3.05, 3.63) is 46.7 Å². The molecule has 0 radical (unpaired) electrons. The molecule has 0 spiro atoms. The minimum Gasteiger partial charge on any atom is -0.466 e. The van der Waals surface area contributed by atoms with Crippen LogP contribution in [0, 0.1) is 11.3 Å². The van der Waals surface area contributed by atoms with Crippen molar-refractivity contribution in [3.8, 4) is 6.07 Å². The van der Waals surface area contributed by atoms with Crippen LogP contribution in [-0.2, 0) is 9.53 Å². The van der Waals surface area contributed by atoms with E-state index in [1.807, 2.05) is 6.92 Å². The Labute approximate surface area is 129 Å². The van der Waals surface area contributed by atoms with Gasteiger partial charge in [-0.15, -0.1) is 0 Å². The summed E-state index contributed by atoms with van der Waals surface area (Å²) in [5.41, 5.74) is 2.07. The quantitative estimate of drug-likeness (QED) is 0.866. The van der Waals surface area contributed by atoms with Crippen molar-refractivity contribution in [2.24, 2.45) is 0 Å². The van der Waals surface area contributed by atoms with Gasteiger partial charge in [0.25, 0.3) is 0 Å². The third-order valence-corrected chi connectivity index (χ3v) is 3.67. The van der Waals surface area contributed by atoms with Crippen molar-refractivity contribution in [3.63, 3.8) is 0 Å². The van der Waals surface area contributed by atoms with E-state index in [9.17, 15) is 9.59 Å². The van der Waals surface area contributed by atoms with Gasteiger partial charge in [-0.1, -0.05) is 12.1 Å². The molecule has 1 N–H and O–H groups in total. The molecule has 6 heteroatoms. The number of amides is 2. The maximum Gasteiger partial charge on any atom is 0.337 e. The van der Waals surface area contributed by atoms with E-state index in [0.717, 1.165) is 0 Å². The number of nitrogens with zero attached hydrogens (tertiary/aromatic N) is 2. The zero-order valence-electron chi connectivity index (χ0n) is 12.7. The van der Waals surface area contributed by atoms with Gasteiger partial charge in [-0.3, -0.25) is 4.90 Å². The molecule has 1 unspecified atom stereocenters. The monoisotopic (exact) mass is 299 g/mol. The standard InChI is InChI=1S/C16H17N3O3/c1-4-19-10(2)13(15(20)22-3)14(18-16(19)21)12-7-5-6-11(8-12)9-17/h5-8,14H,4H2,1-3H3,(H,18,21). The normalized spacial score (nSPS) is 17.8. The number of methoxy groups -OCH3 is 1. The minimum absolute atomic E-state index is 0.278. The molecular formula is C16H17N3O3. The van der Waals surface area contributed by atoms with Crippen molar-refractivity contribution in [1.29, 1.82) is 5.26 Å². The van der Waals surface area contributed by atoms with Crippen LogP contribution in [0.2, 0.25) is 0 Å². The van der Waals surface area contributed by atoms with Crippen molar-refractivity contribution < 1.29 is 14.3 Å². The summed E-state index contributed by atoms with van der Waals surface area (Å²) in [4.78, 5) is 25.8. The smallest absolute Gasteiger partial charge is 0.337 e. The number of rotatable bonds is 3. The molecule has 2 amide bonds. The fraction of sp³-hybridized carbons (Fsp3) is 0.312. The van der Waals surface area contributed by atoms with E-state index in [1.165, 1.54) is 12.0 Å². The Kier molecular flexibility index (Phi) is 4.47. The second-order valence-corrected chi connectivity index (χ2v) is 4.85. The van der Waals surface area contributed by atoms with E-state index >= 15 is 0 Å². The first-order valence-corrected chi connectivity index (χ1v) is 6.90. The molecule has 0 saturated heterocycles. The summed E-state index contributed by atoms with van der Waals surface area (Å²) in [5.74, 6) is -0.497. The van der Waals surface area contributed by atoms with E-state index in [1.54, 1.807) is 31.2 Å². The number of esters is 1. The SMILES string of the molecule is CCN1C(=O)NC(c2cccc(C#N)c2)C(C(=O)OC)=C1C. The van der Waals surface area contributed by atoms with Crippen LogP contribution < -0.4 is 5.32 Å². The van der Waals surface area contributed by atoms with Gasteiger partial charge in [0.1, 0.15) is 0 Å². The highest BCUT2D eigenvalue weighted by molar-refractivity contribution is 5.95. The van der Waals surface area contributed by atoms with Crippen LogP contribution in [0.15, 0.2) is 35.5 Å². The van der Waals surface area contributed by atoms with Crippen molar-refractivity contribution >= 4 is 12.0 Å². The molecule has 6 nitrogen and oxygen atoms in total. The number of hydrogen-bond acceptors (Lipinski definition) is 4. The summed E-state index contributed by atoms with van der Waals surface area (Å²) in [6.45, 7) is 3.99. The number of urea groups is 1. The highest BCUT2D eigenvalue weighted by atomic mass is 16.5. The number of hydrogen-bond donors (Lipinski definition) is 1. The Hall–Kier alpha value is -2.81. The molecule has 0 saturated carbocycles. The summed E-state index contributed by atoms with van der Waals surface area (Å²) < 4.78 is 4.86. The maximum absolute atomic E-state index is 12.2. The predicted octanol–water partition coefficient (Wildman–Crippen LogP) is 2.09. The number of carbonyl (C=O) groups excluding carboxylic acids is 2. The molecule has 22 heavy (non-hydrogen) atoms. The molecule has 0 aromatic heterocycles. The highest BCUT2D eigenvalue weighted by Crippen LogP contribution is 2.31. The summed E-state index contributed by atoms with van der Waals surface area (Å²) in [6.07, 6.45) is 0. The average molecular weight is 299 g/mol. The summed E-state index contributed by atoms with van der Waals surface area (Å²) >= 11 is 0. The number of ether oxygens (including phenoxy) is 1. The van der Waals surface area contributed by atoms with Gasteiger partial charge < -0.3 is 10.1 Å². The van der Waals surface area contributed by atoms with Crippen LogP contribution in [0.25, 0.3) is 0 Å². The average Bonchev–Trinajstić information content (AvgIpc) is 2.54. The fourth-order valence-electron chi connectivity index (χ4n) is 2.57. The van der Waals surface area contributed by atoms with E-state index in [2.05, 4.69) is 11.4 Å². The van der Waals surface area contributed by atoms with Crippen molar-refractivity contribution in [2.75, 3.05) is 13.7 Å². The second-order valence-electron chi connectivity index (χ2n) is 4.85. The lowest BCUT2D eigenvalue weighted by molar-refractivity contribution is -0.136. The third kappa shape index (κ3) is 2.66. The van der Waals surface area contributed by atoms with Gasteiger partial charge in [0.2, 0.25) is 0 Å². The van der Waals surface area contributed by atoms with Gasteiger partial charge in [0.05, 0.1) is 30.4 Å². The lowest BCUT2D eigenvalue weighted by Crippen LogP contribution is -2.47. The Morgan fingerprint density at radius 2 is 2.23 bits per heavy atom. The van der Waals surface area contributed by atoms with E-state index in [-0.39, 0.29) is 6.03 Å². The van der Waals surface area contributed by atoms with Crippen LogP contribution in [0.4, 0.5) is 4.79 Å². The molecule has 0 aliphatic carbocycles. The zero-order chi connectivity index (χ0) is 16.3. The highest BCUT2D eigenvalue weighted by Gasteiger charge is 2.35. The van der Waals surface area contributed by atoms with Gasteiger partial charge >= 0.3 is 12.0 Å². The molecule has 1 aromatic carbocycles. The Bertz CT molecular complexity index is 688. The first kappa shape index (κ1) is 15.6. The molecular weight excluding hydrogens is 282 g/mol. The number of carbonyl (C=O) groups is 2. The molecule has 0 bridgehead atoms. The summed E-state index contributed by atoms with van der Waals surface area (Å²) in [6, 6.07) is 7.95. The minimum atomic E-state index is -0.629. The van der Waals surface area contributed by atoms with Gasteiger partial charge in [0, 0.05) is 12.2 Å². The van der Waals surface area contributed by atoms with Crippen LogP contribution in [0.5, 0.6) is 0 Å². The summed E-state index contributed by atoms with van der Waals surface area (Å²) in [7, 11) is 1.30. The zero-order valence-corrected chi connectivity index (χ0v) is 12.7. The molecule has 1 atom stereocenters. The largest absolute Gasteiger partial charge is 0.466 e. The molecule has 1 aliphatic heterocycles.